The molecule has 0 bridgehead atoms. The second-order valence-electron chi connectivity index (χ2n) is 15.8. The number of amides is 2. The van der Waals surface area contributed by atoms with Crippen molar-refractivity contribution >= 4 is 37.8 Å². The van der Waals surface area contributed by atoms with Gasteiger partial charge >= 0.3 is 12.2 Å². The summed E-state index contributed by atoms with van der Waals surface area (Å²) >= 11 is 0. The average Bonchev–Trinajstić information content (AvgIpc) is 3.49. The molecule has 0 aromatic carbocycles. The first-order valence-corrected chi connectivity index (χ1v) is 20.7. The van der Waals surface area contributed by atoms with Crippen LogP contribution in [0, 0.1) is 0 Å². The lowest BCUT2D eigenvalue weighted by molar-refractivity contribution is -0.0169. The van der Waals surface area contributed by atoms with Crippen LogP contribution >= 0.6 is 0 Å². The van der Waals surface area contributed by atoms with Crippen LogP contribution < -0.4 is 10.2 Å². The maximum atomic E-state index is 13.9. The Bertz CT molecular complexity index is 1580. The fourth-order valence-corrected chi connectivity index (χ4v) is 9.42. The van der Waals surface area contributed by atoms with Gasteiger partial charge in [0.25, 0.3) is 0 Å². The summed E-state index contributed by atoms with van der Waals surface area (Å²) in [6, 6.07) is 8.67. The summed E-state index contributed by atoms with van der Waals surface area (Å²) < 4.78 is 20.7. The van der Waals surface area contributed by atoms with Crippen molar-refractivity contribution in [2.45, 2.75) is 136 Å². The largest absolute Gasteiger partial charge is 0.444 e. The van der Waals surface area contributed by atoms with Crippen LogP contribution in [-0.4, -0.2) is 81.4 Å². The lowest BCUT2D eigenvalue weighted by Gasteiger charge is -2.47. The van der Waals surface area contributed by atoms with Gasteiger partial charge in [0, 0.05) is 43.7 Å². The second-order valence-corrected chi connectivity index (χ2v) is 20.5. The maximum absolute atomic E-state index is 13.9. The van der Waals surface area contributed by atoms with Gasteiger partial charge in [-0.15, -0.1) is 0 Å². The van der Waals surface area contributed by atoms with E-state index in [-0.39, 0.29) is 18.6 Å². The van der Waals surface area contributed by atoms with E-state index in [9.17, 15) is 9.59 Å². The minimum Gasteiger partial charge on any atom is -0.444 e. The molecule has 1 saturated heterocycles. The number of ether oxygens (including phenoxy) is 2. The van der Waals surface area contributed by atoms with Crippen LogP contribution in [-0.2, 0) is 20.4 Å². The lowest BCUT2D eigenvalue weighted by Crippen LogP contribution is -2.57. The molecule has 2 amide bonds. The summed E-state index contributed by atoms with van der Waals surface area (Å²) in [4.78, 5) is 39.5. The quantitative estimate of drug-likeness (QED) is 0.185. The van der Waals surface area contributed by atoms with E-state index < -0.39 is 31.2 Å². The van der Waals surface area contributed by atoms with E-state index in [1.54, 1.807) is 26.7 Å². The average molecular weight is 710 g/mol. The van der Waals surface area contributed by atoms with Crippen LogP contribution in [0.3, 0.4) is 0 Å². The van der Waals surface area contributed by atoms with Crippen molar-refractivity contribution in [1.29, 1.82) is 0 Å². The van der Waals surface area contributed by atoms with Crippen molar-refractivity contribution in [3.63, 3.8) is 0 Å². The van der Waals surface area contributed by atoms with Crippen molar-refractivity contribution in [2.75, 3.05) is 29.9 Å². The Morgan fingerprint density at radius 2 is 1.58 bits per heavy atom. The Kier molecular flexibility index (Phi) is 12.2. The van der Waals surface area contributed by atoms with Gasteiger partial charge in [-0.05, 0) is 96.1 Å². The molecule has 1 aliphatic rings. The molecule has 4 rings (SSSR count). The highest BCUT2D eigenvalue weighted by molar-refractivity contribution is 6.73. The topological polar surface area (TPSA) is 123 Å². The first-order chi connectivity index (χ1) is 23.4. The Morgan fingerprint density at radius 1 is 0.980 bits per heavy atom. The van der Waals surface area contributed by atoms with Gasteiger partial charge in [0.1, 0.15) is 22.8 Å². The molecule has 12 nitrogen and oxygen atoms in total. The number of hydrogen-bond donors (Lipinski definition) is 1. The fraction of sp³-hybridized carbons (Fsp3) is 0.649. The molecule has 3 aromatic rings. The number of pyridine rings is 1. The predicted octanol–water partition coefficient (Wildman–Crippen LogP) is 8.39. The number of anilines is 2. The number of carbonyl (C=O) groups is 2. The van der Waals surface area contributed by atoms with Gasteiger partial charge in [0.2, 0.25) is 0 Å². The minimum absolute atomic E-state index is 0.149. The van der Waals surface area contributed by atoms with E-state index in [0.29, 0.717) is 49.8 Å². The Hall–Kier alpha value is -3.71. The molecule has 50 heavy (non-hydrogen) atoms. The number of carbonyl (C=O) groups excluding carboxylic acids is 2. The van der Waals surface area contributed by atoms with Gasteiger partial charge in [-0.25, -0.2) is 14.6 Å². The molecule has 276 valence electrons. The standard InChI is InChI=1S/C37H59N7O5Si/c1-12-50(13-2,14-3)49-37(17-21-42(22-18-37)33(45)47-35(6,7)8)26-39-30-23-31(44-32(41-30)29(24-40-44)27(4)5)43(34(46)48-36(9,10)11)25-28-15-19-38-20-16-28/h15-16,19-20,23-24,27H,12-14,17-18,21-22,25-26H2,1-11H3,(H,39,41). The number of nitrogens with one attached hydrogen (secondary N) is 1. The summed E-state index contributed by atoms with van der Waals surface area (Å²) in [6.45, 7) is 24.0. The molecule has 0 saturated carbocycles. The number of fused-ring (bicyclic) bond motifs is 1. The molecule has 0 aliphatic carbocycles. The Morgan fingerprint density at radius 3 is 2.12 bits per heavy atom. The summed E-state index contributed by atoms with van der Waals surface area (Å²) in [5.74, 6) is 1.28. The van der Waals surface area contributed by atoms with E-state index in [0.717, 1.165) is 29.3 Å². The lowest BCUT2D eigenvalue weighted by atomic mass is 9.91. The number of likely N-dealkylation sites (tertiary alicyclic amines) is 1. The van der Waals surface area contributed by atoms with Crippen molar-refractivity contribution in [3.05, 3.63) is 47.9 Å². The van der Waals surface area contributed by atoms with Gasteiger partial charge in [-0.2, -0.15) is 9.61 Å². The van der Waals surface area contributed by atoms with Crippen LogP contribution in [0.5, 0.6) is 0 Å². The molecular weight excluding hydrogens is 651 g/mol. The molecule has 0 atom stereocenters. The van der Waals surface area contributed by atoms with E-state index in [1.807, 2.05) is 65.9 Å². The molecule has 1 aliphatic heterocycles. The number of rotatable bonds is 12. The number of piperidine rings is 1. The minimum atomic E-state index is -2.05. The van der Waals surface area contributed by atoms with E-state index in [1.165, 1.54) is 0 Å². The first-order valence-electron chi connectivity index (χ1n) is 18.1. The smallest absolute Gasteiger partial charge is 0.416 e. The van der Waals surface area contributed by atoms with Crippen LogP contribution in [0.15, 0.2) is 36.8 Å². The maximum Gasteiger partial charge on any atom is 0.416 e. The molecule has 0 unspecified atom stereocenters. The molecule has 13 heteroatoms. The van der Waals surface area contributed by atoms with E-state index in [4.69, 9.17) is 24.0 Å². The van der Waals surface area contributed by atoms with Crippen LogP contribution in [0.25, 0.3) is 5.65 Å². The van der Waals surface area contributed by atoms with Gasteiger partial charge in [-0.1, -0.05) is 34.6 Å². The highest BCUT2D eigenvalue weighted by Gasteiger charge is 2.44. The third-order valence-corrected chi connectivity index (χ3v) is 14.1. The van der Waals surface area contributed by atoms with Gasteiger partial charge in [0.15, 0.2) is 14.0 Å². The SMILES string of the molecule is CC[Si](CC)(CC)OC1(CNc2cc(N(Cc3ccncc3)C(=O)OC(C)(C)C)n3ncc(C(C)C)c3n2)CCN(C(=O)OC(C)(C)C)CC1. The summed E-state index contributed by atoms with van der Waals surface area (Å²) in [6.07, 6.45) is 5.79. The number of hydrogen-bond acceptors (Lipinski definition) is 9. The van der Waals surface area contributed by atoms with Crippen molar-refractivity contribution < 1.29 is 23.5 Å². The predicted molar refractivity (Wildman–Crippen MR) is 200 cm³/mol. The zero-order chi connectivity index (χ0) is 36.9. The van der Waals surface area contributed by atoms with Crippen molar-refractivity contribution in [2.24, 2.45) is 0 Å². The van der Waals surface area contributed by atoms with Gasteiger partial charge < -0.3 is 24.1 Å². The van der Waals surface area contributed by atoms with Crippen LogP contribution in [0.1, 0.15) is 106 Å². The molecule has 1 fully saturated rings. The molecule has 0 radical (unpaired) electrons. The second kappa shape index (κ2) is 15.7. The monoisotopic (exact) mass is 709 g/mol. The molecule has 1 N–H and O–H groups in total. The third kappa shape index (κ3) is 9.74. The first kappa shape index (κ1) is 39.1. The van der Waals surface area contributed by atoms with Crippen LogP contribution in [0.2, 0.25) is 18.1 Å². The van der Waals surface area contributed by atoms with E-state index in [2.05, 4.69) is 44.9 Å². The molecule has 4 heterocycles. The molecular formula is C37H59N7O5Si. The normalized spacial score (nSPS) is 15.3. The number of nitrogens with zero attached hydrogens (tertiary/aromatic N) is 6. The fourth-order valence-electron chi connectivity index (χ4n) is 6.30. The van der Waals surface area contributed by atoms with E-state index >= 15 is 0 Å². The van der Waals surface area contributed by atoms with Gasteiger partial charge in [0.05, 0.1) is 18.3 Å². The highest BCUT2D eigenvalue weighted by atomic mass is 28.4. The highest BCUT2D eigenvalue weighted by Crippen LogP contribution is 2.36. The van der Waals surface area contributed by atoms with Crippen LogP contribution in [0.4, 0.5) is 21.2 Å². The number of aromatic nitrogens is 4. The zero-order valence-corrected chi connectivity index (χ0v) is 33.1. The third-order valence-electron chi connectivity index (χ3n) is 9.37. The summed E-state index contributed by atoms with van der Waals surface area (Å²) in [5, 5.41) is 8.36. The van der Waals surface area contributed by atoms with Crippen molar-refractivity contribution in [1.82, 2.24) is 24.5 Å². The van der Waals surface area contributed by atoms with Crippen molar-refractivity contribution in [3.8, 4) is 0 Å². The Labute approximate surface area is 299 Å². The molecule has 0 spiro atoms. The Balaban J connectivity index is 1.75. The summed E-state index contributed by atoms with van der Waals surface area (Å²) in [7, 11) is -2.05. The van der Waals surface area contributed by atoms with Gasteiger partial charge in [-0.3, -0.25) is 9.88 Å². The molecule has 3 aromatic heterocycles. The summed E-state index contributed by atoms with van der Waals surface area (Å²) in [5.41, 5.74) is 0.745. The zero-order valence-electron chi connectivity index (χ0n) is 32.1.